The molecule has 98 valence electrons. The molecule has 1 aromatic rings. The Bertz CT molecular complexity index is 426. The van der Waals surface area contributed by atoms with Gasteiger partial charge >= 0.3 is 0 Å². The van der Waals surface area contributed by atoms with Gasteiger partial charge in [-0.2, -0.15) is 5.26 Å². The fourth-order valence-corrected chi connectivity index (χ4v) is 1.66. The average Bonchev–Trinajstić information content (AvgIpc) is 2.35. The summed E-state index contributed by atoms with van der Waals surface area (Å²) in [6.07, 6.45) is 0.250. The Kier molecular flexibility index (Phi) is 5.97. The Morgan fingerprint density at radius 3 is 2.72 bits per heavy atom. The number of halogens is 1. The molecule has 1 rings (SSSR count). The second kappa shape index (κ2) is 7.25. The van der Waals surface area contributed by atoms with E-state index < -0.39 is 6.10 Å². The molecule has 0 aliphatic rings. The van der Waals surface area contributed by atoms with E-state index in [9.17, 15) is 0 Å². The summed E-state index contributed by atoms with van der Waals surface area (Å²) >= 11 is 5.99. The predicted molar refractivity (Wildman–Crippen MR) is 73.7 cm³/mol. The highest BCUT2D eigenvalue weighted by Gasteiger charge is 2.11. The van der Waals surface area contributed by atoms with Gasteiger partial charge in [0.15, 0.2) is 6.10 Å². The molecule has 0 heterocycles. The zero-order chi connectivity index (χ0) is 13.5. The van der Waals surface area contributed by atoms with Crippen molar-refractivity contribution in [2.24, 2.45) is 0 Å². The molecule has 0 saturated carbocycles. The largest absolute Gasteiger partial charge is 0.475 e. The molecule has 0 radical (unpaired) electrons. The van der Waals surface area contributed by atoms with Crippen LogP contribution in [0.4, 0.5) is 0 Å². The maximum atomic E-state index is 8.93. The maximum Gasteiger partial charge on any atom is 0.184 e. The minimum Gasteiger partial charge on any atom is -0.475 e. The average molecular weight is 267 g/mol. The fraction of sp³-hybridized carbons (Fsp3) is 0.500. The van der Waals surface area contributed by atoms with Crippen molar-refractivity contribution in [2.75, 3.05) is 0 Å². The normalized spacial score (nSPS) is 12.2. The number of ether oxygens (including phenoxy) is 1. The van der Waals surface area contributed by atoms with Crippen LogP contribution in [-0.2, 0) is 6.54 Å². The van der Waals surface area contributed by atoms with Crippen LogP contribution >= 0.6 is 11.6 Å². The summed E-state index contributed by atoms with van der Waals surface area (Å²) in [5.74, 6) is 0.723. The molecule has 4 heteroatoms. The van der Waals surface area contributed by atoms with Gasteiger partial charge in [-0.3, -0.25) is 0 Å². The van der Waals surface area contributed by atoms with E-state index in [0.29, 0.717) is 24.0 Å². The molecule has 1 N–H and O–H groups in total. The molecule has 1 unspecified atom stereocenters. The molecule has 1 aromatic carbocycles. The second-order valence-electron chi connectivity index (χ2n) is 4.43. The van der Waals surface area contributed by atoms with Gasteiger partial charge in [-0.05, 0) is 24.6 Å². The van der Waals surface area contributed by atoms with Gasteiger partial charge in [0.1, 0.15) is 11.8 Å². The van der Waals surface area contributed by atoms with Crippen molar-refractivity contribution < 1.29 is 4.74 Å². The lowest BCUT2D eigenvalue weighted by molar-refractivity contribution is 0.248. The van der Waals surface area contributed by atoms with E-state index in [1.54, 1.807) is 6.07 Å². The Hall–Kier alpha value is -1.24. The van der Waals surface area contributed by atoms with E-state index in [4.69, 9.17) is 21.6 Å². The fourth-order valence-electron chi connectivity index (χ4n) is 1.47. The first kappa shape index (κ1) is 14.8. The van der Waals surface area contributed by atoms with Crippen molar-refractivity contribution in [2.45, 2.75) is 45.9 Å². The lowest BCUT2D eigenvalue weighted by Crippen LogP contribution is -2.23. The van der Waals surface area contributed by atoms with Crippen molar-refractivity contribution in [3.63, 3.8) is 0 Å². The van der Waals surface area contributed by atoms with E-state index in [2.05, 4.69) is 25.2 Å². The summed E-state index contributed by atoms with van der Waals surface area (Å²) in [5.41, 5.74) is 0.977. The van der Waals surface area contributed by atoms with E-state index >= 15 is 0 Å². The summed E-state index contributed by atoms with van der Waals surface area (Å²) in [4.78, 5) is 0. The van der Waals surface area contributed by atoms with E-state index in [-0.39, 0.29) is 0 Å². The van der Waals surface area contributed by atoms with Crippen molar-refractivity contribution in [3.05, 3.63) is 28.8 Å². The highest BCUT2D eigenvalue weighted by Crippen LogP contribution is 2.24. The minimum atomic E-state index is -0.413. The Labute approximate surface area is 114 Å². The number of hydrogen-bond acceptors (Lipinski definition) is 3. The van der Waals surface area contributed by atoms with Crippen molar-refractivity contribution in [1.29, 1.82) is 5.26 Å². The molecule has 0 aliphatic heterocycles. The SMILES string of the molecule is CCC(C#N)Oc1ccc(Cl)cc1CNC(C)C. The number of nitriles is 1. The molecule has 0 spiro atoms. The number of nitrogens with zero attached hydrogens (tertiary/aromatic N) is 1. The molecule has 0 saturated heterocycles. The van der Waals surface area contributed by atoms with Gasteiger partial charge in [-0.25, -0.2) is 0 Å². The van der Waals surface area contributed by atoms with Gasteiger partial charge in [0.05, 0.1) is 0 Å². The van der Waals surface area contributed by atoms with Gasteiger partial charge in [0.2, 0.25) is 0 Å². The molecule has 1 atom stereocenters. The van der Waals surface area contributed by atoms with Crippen molar-refractivity contribution >= 4 is 11.6 Å². The number of benzene rings is 1. The van der Waals surface area contributed by atoms with Gasteiger partial charge in [-0.15, -0.1) is 0 Å². The summed E-state index contributed by atoms with van der Waals surface area (Å²) in [6, 6.07) is 7.98. The quantitative estimate of drug-likeness (QED) is 0.857. The molecule has 0 aromatic heterocycles. The summed E-state index contributed by atoms with van der Waals surface area (Å²) in [6.45, 7) is 6.76. The highest BCUT2D eigenvalue weighted by molar-refractivity contribution is 6.30. The first-order chi connectivity index (χ1) is 8.56. The number of rotatable bonds is 6. The molecule has 0 bridgehead atoms. The van der Waals surface area contributed by atoms with E-state index in [1.807, 2.05) is 19.1 Å². The van der Waals surface area contributed by atoms with Crippen LogP contribution in [0, 0.1) is 11.3 Å². The van der Waals surface area contributed by atoms with Gasteiger partial charge in [-0.1, -0.05) is 32.4 Å². The first-order valence-corrected chi connectivity index (χ1v) is 6.52. The maximum absolute atomic E-state index is 8.93. The molecule has 18 heavy (non-hydrogen) atoms. The lowest BCUT2D eigenvalue weighted by Gasteiger charge is -2.16. The smallest absolute Gasteiger partial charge is 0.184 e. The second-order valence-corrected chi connectivity index (χ2v) is 4.87. The van der Waals surface area contributed by atoms with Crippen LogP contribution in [0.2, 0.25) is 5.02 Å². The van der Waals surface area contributed by atoms with E-state index in [1.165, 1.54) is 0 Å². The van der Waals surface area contributed by atoms with Crippen LogP contribution in [0.5, 0.6) is 5.75 Å². The molecule has 0 amide bonds. The number of hydrogen-bond donors (Lipinski definition) is 1. The van der Waals surface area contributed by atoms with E-state index in [0.717, 1.165) is 11.3 Å². The number of nitrogens with one attached hydrogen (secondary N) is 1. The van der Waals surface area contributed by atoms with Crippen LogP contribution < -0.4 is 10.1 Å². The summed E-state index contributed by atoms with van der Waals surface area (Å²) in [7, 11) is 0. The molecular weight excluding hydrogens is 248 g/mol. The Morgan fingerprint density at radius 2 is 2.17 bits per heavy atom. The van der Waals surface area contributed by atoms with Crippen LogP contribution in [0.25, 0.3) is 0 Å². The third kappa shape index (κ3) is 4.56. The predicted octanol–water partition coefficient (Wildman–Crippen LogP) is 3.52. The summed E-state index contributed by atoms with van der Waals surface area (Å²) < 4.78 is 5.67. The van der Waals surface area contributed by atoms with Crippen molar-refractivity contribution in [1.82, 2.24) is 5.32 Å². The van der Waals surface area contributed by atoms with Gasteiger partial charge in [0.25, 0.3) is 0 Å². The minimum absolute atomic E-state index is 0.384. The van der Waals surface area contributed by atoms with Crippen LogP contribution in [-0.4, -0.2) is 12.1 Å². The van der Waals surface area contributed by atoms with Crippen molar-refractivity contribution in [3.8, 4) is 11.8 Å². The first-order valence-electron chi connectivity index (χ1n) is 6.14. The van der Waals surface area contributed by atoms with Crippen LogP contribution in [0.1, 0.15) is 32.8 Å². The van der Waals surface area contributed by atoms with Crippen LogP contribution in [0.3, 0.4) is 0 Å². The molecular formula is C14H19ClN2O. The Balaban J connectivity index is 2.86. The monoisotopic (exact) mass is 266 g/mol. The zero-order valence-corrected chi connectivity index (χ0v) is 11.8. The third-order valence-electron chi connectivity index (χ3n) is 2.51. The molecule has 3 nitrogen and oxygen atoms in total. The lowest BCUT2D eigenvalue weighted by atomic mass is 10.2. The third-order valence-corrected chi connectivity index (χ3v) is 2.74. The highest BCUT2D eigenvalue weighted by atomic mass is 35.5. The summed E-state index contributed by atoms with van der Waals surface area (Å²) in [5, 5.41) is 12.9. The Morgan fingerprint density at radius 1 is 1.44 bits per heavy atom. The topological polar surface area (TPSA) is 45.0 Å². The standard InChI is InChI=1S/C14H19ClN2O/c1-4-13(8-16)18-14-6-5-12(15)7-11(14)9-17-10(2)3/h5-7,10,13,17H,4,9H2,1-3H3. The van der Waals surface area contributed by atoms with Gasteiger partial charge in [0, 0.05) is 23.2 Å². The van der Waals surface area contributed by atoms with Crippen LogP contribution in [0.15, 0.2) is 18.2 Å². The zero-order valence-electron chi connectivity index (χ0n) is 11.0. The molecule has 0 aliphatic carbocycles. The van der Waals surface area contributed by atoms with Gasteiger partial charge < -0.3 is 10.1 Å². The molecule has 0 fully saturated rings.